The third-order valence-corrected chi connectivity index (χ3v) is 3.70. The molecule has 0 spiro atoms. The number of aromatic nitrogens is 1. The first kappa shape index (κ1) is 13.2. The second-order valence-corrected chi connectivity index (χ2v) is 5.28. The first-order valence-electron chi connectivity index (χ1n) is 6.59. The van der Waals surface area contributed by atoms with Gasteiger partial charge in [0.15, 0.2) is 0 Å². The Labute approximate surface area is 113 Å². The van der Waals surface area contributed by atoms with Gasteiger partial charge in [-0.25, -0.2) is 4.98 Å². The Kier molecular flexibility index (Phi) is 4.83. The lowest BCUT2D eigenvalue weighted by Gasteiger charge is -2.21. The lowest BCUT2D eigenvalue weighted by atomic mass is 9.87. The van der Waals surface area contributed by atoms with Crippen LogP contribution in [0.5, 0.6) is 0 Å². The van der Waals surface area contributed by atoms with Gasteiger partial charge in [0.1, 0.15) is 11.0 Å². The molecule has 96 valence electrons. The Morgan fingerprint density at radius 2 is 2.11 bits per heavy atom. The highest BCUT2D eigenvalue weighted by Crippen LogP contribution is 2.26. The van der Waals surface area contributed by atoms with Crippen molar-refractivity contribution < 1.29 is 0 Å². The van der Waals surface area contributed by atoms with Crippen molar-refractivity contribution in [2.45, 2.75) is 38.5 Å². The standard InChI is InChI=1S/C14H18ClN3/c15-13-8-12(10-16)9-14(18-13)17-7-6-11-4-2-1-3-5-11/h8-9,11H,1-7H2,(H,17,18). The Morgan fingerprint density at radius 3 is 2.83 bits per heavy atom. The zero-order valence-corrected chi connectivity index (χ0v) is 11.2. The Morgan fingerprint density at radius 1 is 1.33 bits per heavy atom. The fourth-order valence-corrected chi connectivity index (χ4v) is 2.74. The maximum absolute atomic E-state index is 8.85. The Bertz CT molecular complexity index is 433. The van der Waals surface area contributed by atoms with Gasteiger partial charge < -0.3 is 5.32 Å². The Balaban J connectivity index is 1.82. The van der Waals surface area contributed by atoms with E-state index in [0.717, 1.165) is 12.5 Å². The molecule has 0 aliphatic heterocycles. The Hall–Kier alpha value is -1.27. The predicted molar refractivity (Wildman–Crippen MR) is 73.6 cm³/mol. The van der Waals surface area contributed by atoms with Crippen molar-refractivity contribution in [2.75, 3.05) is 11.9 Å². The van der Waals surface area contributed by atoms with Crippen LogP contribution in [0.25, 0.3) is 0 Å². The summed E-state index contributed by atoms with van der Waals surface area (Å²) in [4.78, 5) is 4.17. The second kappa shape index (κ2) is 6.61. The molecule has 1 aromatic heterocycles. The normalized spacial score (nSPS) is 16.2. The van der Waals surface area contributed by atoms with Crippen molar-refractivity contribution in [1.82, 2.24) is 4.98 Å². The predicted octanol–water partition coefficient (Wildman–Crippen LogP) is 3.99. The SMILES string of the molecule is N#Cc1cc(Cl)nc(NCCC2CCCCC2)c1. The van der Waals surface area contributed by atoms with E-state index in [-0.39, 0.29) is 0 Å². The summed E-state index contributed by atoms with van der Waals surface area (Å²) in [6, 6.07) is 5.40. The zero-order valence-electron chi connectivity index (χ0n) is 10.5. The number of nitriles is 1. The highest BCUT2D eigenvalue weighted by molar-refractivity contribution is 6.29. The van der Waals surface area contributed by atoms with Gasteiger partial charge in [0.2, 0.25) is 0 Å². The van der Waals surface area contributed by atoms with Crippen molar-refractivity contribution in [3.8, 4) is 6.07 Å². The molecule has 0 radical (unpaired) electrons. The van der Waals surface area contributed by atoms with E-state index in [1.165, 1.54) is 38.5 Å². The largest absolute Gasteiger partial charge is 0.370 e. The minimum absolute atomic E-state index is 0.370. The molecule has 0 bridgehead atoms. The van der Waals surface area contributed by atoms with Crippen molar-refractivity contribution in [1.29, 1.82) is 5.26 Å². The summed E-state index contributed by atoms with van der Waals surface area (Å²) in [6.45, 7) is 0.906. The van der Waals surface area contributed by atoms with Crippen LogP contribution in [0.2, 0.25) is 5.15 Å². The van der Waals surface area contributed by atoms with Crippen LogP contribution in [-0.4, -0.2) is 11.5 Å². The number of anilines is 1. The van der Waals surface area contributed by atoms with Crippen LogP contribution >= 0.6 is 11.6 Å². The molecule has 1 N–H and O–H groups in total. The molecule has 0 aromatic carbocycles. The summed E-state index contributed by atoms with van der Waals surface area (Å²) in [7, 11) is 0. The topological polar surface area (TPSA) is 48.7 Å². The average molecular weight is 264 g/mol. The summed E-state index contributed by atoms with van der Waals surface area (Å²) < 4.78 is 0. The lowest BCUT2D eigenvalue weighted by Crippen LogP contribution is -2.12. The van der Waals surface area contributed by atoms with Crippen LogP contribution in [0.1, 0.15) is 44.1 Å². The van der Waals surface area contributed by atoms with Gasteiger partial charge in [0.25, 0.3) is 0 Å². The number of pyridine rings is 1. The van der Waals surface area contributed by atoms with Crippen LogP contribution in [0.3, 0.4) is 0 Å². The molecule has 1 aliphatic carbocycles. The molecule has 4 heteroatoms. The number of rotatable bonds is 4. The van der Waals surface area contributed by atoms with Gasteiger partial charge in [-0.2, -0.15) is 5.26 Å². The summed E-state index contributed by atoms with van der Waals surface area (Å²) in [5.74, 6) is 1.55. The van der Waals surface area contributed by atoms with E-state index < -0.39 is 0 Å². The van der Waals surface area contributed by atoms with E-state index in [1.807, 2.05) is 0 Å². The molecule has 0 unspecified atom stereocenters. The summed E-state index contributed by atoms with van der Waals surface area (Å²) in [6.07, 6.45) is 8.03. The highest BCUT2D eigenvalue weighted by Gasteiger charge is 2.12. The molecule has 1 saturated carbocycles. The van der Waals surface area contributed by atoms with E-state index >= 15 is 0 Å². The minimum Gasteiger partial charge on any atom is -0.370 e. The van der Waals surface area contributed by atoms with Gasteiger partial charge in [-0.1, -0.05) is 43.7 Å². The average Bonchev–Trinajstić information content (AvgIpc) is 2.39. The van der Waals surface area contributed by atoms with Gasteiger partial charge in [0.05, 0.1) is 11.6 Å². The molecule has 1 fully saturated rings. The van der Waals surface area contributed by atoms with E-state index in [0.29, 0.717) is 16.5 Å². The maximum Gasteiger partial charge on any atom is 0.132 e. The van der Waals surface area contributed by atoms with Crippen molar-refractivity contribution in [3.05, 3.63) is 22.8 Å². The van der Waals surface area contributed by atoms with Gasteiger partial charge in [0, 0.05) is 6.54 Å². The fraction of sp³-hybridized carbons (Fsp3) is 0.571. The van der Waals surface area contributed by atoms with Crippen molar-refractivity contribution in [3.63, 3.8) is 0 Å². The fourth-order valence-electron chi connectivity index (χ4n) is 2.53. The van der Waals surface area contributed by atoms with Gasteiger partial charge >= 0.3 is 0 Å². The van der Waals surface area contributed by atoms with Crippen LogP contribution in [0.4, 0.5) is 5.82 Å². The number of hydrogen-bond acceptors (Lipinski definition) is 3. The third kappa shape index (κ3) is 3.89. The third-order valence-electron chi connectivity index (χ3n) is 3.51. The summed E-state index contributed by atoms with van der Waals surface area (Å²) in [5, 5.41) is 12.5. The molecule has 0 amide bonds. The van der Waals surface area contributed by atoms with Gasteiger partial charge in [-0.15, -0.1) is 0 Å². The highest BCUT2D eigenvalue weighted by atomic mass is 35.5. The monoisotopic (exact) mass is 263 g/mol. The zero-order chi connectivity index (χ0) is 12.8. The minimum atomic E-state index is 0.370. The molecular weight excluding hydrogens is 246 g/mol. The van der Waals surface area contributed by atoms with Gasteiger partial charge in [-0.05, 0) is 24.5 Å². The molecule has 0 atom stereocenters. The smallest absolute Gasteiger partial charge is 0.132 e. The van der Waals surface area contributed by atoms with E-state index in [9.17, 15) is 0 Å². The van der Waals surface area contributed by atoms with Crippen LogP contribution in [0.15, 0.2) is 12.1 Å². The molecule has 1 aromatic rings. The lowest BCUT2D eigenvalue weighted by molar-refractivity contribution is 0.345. The molecule has 1 aliphatic rings. The quantitative estimate of drug-likeness (QED) is 0.836. The maximum atomic E-state index is 8.85. The van der Waals surface area contributed by atoms with Crippen molar-refractivity contribution >= 4 is 17.4 Å². The van der Waals surface area contributed by atoms with E-state index in [2.05, 4.69) is 16.4 Å². The van der Waals surface area contributed by atoms with E-state index in [4.69, 9.17) is 16.9 Å². The van der Waals surface area contributed by atoms with Crippen molar-refractivity contribution in [2.24, 2.45) is 5.92 Å². The number of hydrogen-bond donors (Lipinski definition) is 1. The van der Waals surface area contributed by atoms with Gasteiger partial charge in [-0.3, -0.25) is 0 Å². The number of nitrogens with zero attached hydrogens (tertiary/aromatic N) is 2. The van der Waals surface area contributed by atoms with E-state index in [1.54, 1.807) is 12.1 Å². The molecule has 0 saturated heterocycles. The molecular formula is C14H18ClN3. The molecule has 3 nitrogen and oxygen atoms in total. The number of nitrogens with one attached hydrogen (secondary N) is 1. The molecule has 18 heavy (non-hydrogen) atoms. The molecule has 2 rings (SSSR count). The van der Waals surface area contributed by atoms with Crippen LogP contribution < -0.4 is 5.32 Å². The first-order chi connectivity index (χ1) is 8.78. The van der Waals surface area contributed by atoms with Crippen LogP contribution in [0, 0.1) is 17.2 Å². The summed E-state index contributed by atoms with van der Waals surface area (Å²) in [5.41, 5.74) is 0.551. The second-order valence-electron chi connectivity index (χ2n) is 4.90. The summed E-state index contributed by atoms with van der Waals surface area (Å²) >= 11 is 5.85. The van der Waals surface area contributed by atoms with Crippen LogP contribution in [-0.2, 0) is 0 Å². The number of halogens is 1. The molecule has 1 heterocycles. The first-order valence-corrected chi connectivity index (χ1v) is 6.97.